The van der Waals surface area contributed by atoms with Crippen LogP contribution >= 0.6 is 0 Å². The Kier molecular flexibility index (Phi) is 8.81. The minimum Gasteiger partial charge on any atom is -0.477 e. The van der Waals surface area contributed by atoms with Crippen molar-refractivity contribution in [1.82, 2.24) is 10.3 Å². The number of sulfonamides is 1. The van der Waals surface area contributed by atoms with Crippen molar-refractivity contribution >= 4 is 27.2 Å². The summed E-state index contributed by atoms with van der Waals surface area (Å²) in [5.41, 5.74) is -2.19. The number of alkyl halides is 3. The molecule has 0 fully saturated rings. The van der Waals surface area contributed by atoms with Gasteiger partial charge in [-0.3, -0.25) is 9.52 Å². The van der Waals surface area contributed by atoms with Gasteiger partial charge in [0.2, 0.25) is 15.9 Å². The highest BCUT2D eigenvalue weighted by Crippen LogP contribution is 2.32. The number of rotatable bonds is 10. The van der Waals surface area contributed by atoms with Crippen molar-refractivity contribution in [2.24, 2.45) is 0 Å². The van der Waals surface area contributed by atoms with Gasteiger partial charge in [0, 0.05) is 17.7 Å². The lowest BCUT2D eigenvalue weighted by atomic mass is 10.1. The number of nitriles is 1. The van der Waals surface area contributed by atoms with Crippen molar-refractivity contribution in [1.29, 1.82) is 5.26 Å². The molecule has 1 heterocycles. The summed E-state index contributed by atoms with van der Waals surface area (Å²) in [6.45, 7) is 5.26. The van der Waals surface area contributed by atoms with Crippen molar-refractivity contribution < 1.29 is 35.5 Å². The fourth-order valence-electron chi connectivity index (χ4n) is 2.80. The van der Waals surface area contributed by atoms with E-state index in [1.165, 1.54) is 6.07 Å². The number of anilines is 1. The van der Waals surface area contributed by atoms with E-state index in [9.17, 15) is 36.0 Å². The van der Waals surface area contributed by atoms with Gasteiger partial charge in [0.15, 0.2) is 0 Å². The number of aromatic nitrogens is 1. The topological polar surface area (TPSA) is 121 Å². The van der Waals surface area contributed by atoms with Gasteiger partial charge < -0.3 is 10.1 Å². The molecule has 0 unspecified atom stereocenters. The van der Waals surface area contributed by atoms with E-state index in [0.717, 1.165) is 24.8 Å². The average Bonchev–Trinajstić information content (AvgIpc) is 2.77. The Morgan fingerprint density at radius 2 is 1.97 bits per heavy atom. The van der Waals surface area contributed by atoms with Crippen molar-refractivity contribution in [2.45, 2.75) is 32.5 Å². The molecule has 0 atom stereocenters. The lowest BCUT2D eigenvalue weighted by molar-refractivity contribution is -0.141. The summed E-state index contributed by atoms with van der Waals surface area (Å²) in [6, 6.07) is 5.50. The van der Waals surface area contributed by atoms with Crippen LogP contribution < -0.4 is 14.8 Å². The maximum atomic E-state index is 14.4. The summed E-state index contributed by atoms with van der Waals surface area (Å²) < 4.78 is 83.6. The second kappa shape index (κ2) is 11.2. The molecule has 0 bridgehead atoms. The van der Waals surface area contributed by atoms with Crippen molar-refractivity contribution in [2.75, 3.05) is 17.6 Å². The van der Waals surface area contributed by atoms with E-state index in [-0.39, 0.29) is 35.4 Å². The van der Waals surface area contributed by atoms with Gasteiger partial charge in [0.05, 0.1) is 18.4 Å². The normalized spacial score (nSPS) is 11.5. The number of carbonyl (C=O) groups is 1. The van der Waals surface area contributed by atoms with Crippen LogP contribution in [-0.2, 0) is 27.5 Å². The number of carbonyl (C=O) groups excluding carboxylic acids is 1. The molecule has 0 aliphatic carbocycles. The molecule has 1 aromatic carbocycles. The fourth-order valence-corrected chi connectivity index (χ4v) is 3.38. The molecule has 0 saturated heterocycles. The third-order valence-corrected chi connectivity index (χ3v) is 5.07. The highest BCUT2D eigenvalue weighted by molar-refractivity contribution is 7.92. The Bertz CT molecular complexity index is 1270. The molecule has 0 aliphatic rings. The van der Waals surface area contributed by atoms with Gasteiger partial charge in [-0.1, -0.05) is 19.9 Å². The Labute approximate surface area is 199 Å². The van der Waals surface area contributed by atoms with Crippen LogP contribution in [0.5, 0.6) is 5.88 Å². The largest absolute Gasteiger partial charge is 0.477 e. The number of unbranched alkanes of at least 4 members (excludes halogenated alkanes) is 1. The summed E-state index contributed by atoms with van der Waals surface area (Å²) in [5, 5.41) is 11.6. The summed E-state index contributed by atoms with van der Waals surface area (Å²) >= 11 is 0. The molecule has 0 saturated carbocycles. The molecule has 0 spiro atoms. The minimum atomic E-state index is -4.72. The van der Waals surface area contributed by atoms with Crippen LogP contribution in [0.1, 0.15) is 42.1 Å². The maximum Gasteiger partial charge on any atom is 0.433 e. The lowest BCUT2D eigenvalue weighted by Gasteiger charge is -2.15. The SMILES string of the molecule is C=C(C(=O)NCc1cc(F)c(NS(C)(=O)=O)c(C#N)c1)c1ccc(C(F)(F)F)nc1OCCCC. The van der Waals surface area contributed by atoms with Crippen LogP contribution in [0.25, 0.3) is 5.57 Å². The van der Waals surface area contributed by atoms with Gasteiger partial charge in [-0.15, -0.1) is 0 Å². The van der Waals surface area contributed by atoms with Gasteiger partial charge >= 0.3 is 6.18 Å². The Balaban J connectivity index is 2.24. The molecule has 8 nitrogen and oxygen atoms in total. The van der Waals surface area contributed by atoms with Crippen LogP contribution in [0.3, 0.4) is 0 Å². The summed E-state index contributed by atoms with van der Waals surface area (Å²) in [4.78, 5) is 16.1. The number of hydrogen-bond donors (Lipinski definition) is 2. The first-order valence-electron chi connectivity index (χ1n) is 10.2. The van der Waals surface area contributed by atoms with E-state index in [1.54, 1.807) is 6.07 Å². The van der Waals surface area contributed by atoms with Gasteiger partial charge in [-0.2, -0.15) is 18.4 Å². The van der Waals surface area contributed by atoms with Crippen LogP contribution in [0.2, 0.25) is 0 Å². The maximum absolute atomic E-state index is 14.4. The van der Waals surface area contributed by atoms with Crippen LogP contribution in [0.15, 0.2) is 30.8 Å². The van der Waals surface area contributed by atoms with Crippen molar-refractivity contribution in [3.05, 3.63) is 59.0 Å². The molecule has 0 radical (unpaired) electrons. The van der Waals surface area contributed by atoms with Crippen LogP contribution in [0, 0.1) is 17.1 Å². The zero-order valence-corrected chi connectivity index (χ0v) is 19.6. The number of halogens is 4. The number of pyridine rings is 1. The molecule has 188 valence electrons. The van der Waals surface area contributed by atoms with E-state index >= 15 is 0 Å². The van der Waals surface area contributed by atoms with Gasteiger partial charge in [-0.05, 0) is 36.2 Å². The highest BCUT2D eigenvalue weighted by atomic mass is 32.2. The first-order valence-corrected chi connectivity index (χ1v) is 12.0. The predicted octanol–water partition coefficient (Wildman–Crippen LogP) is 3.99. The zero-order chi connectivity index (χ0) is 26.4. The number of amides is 1. The standard InChI is InChI=1S/C22H22F4N4O4S/c1-4-5-8-34-21-16(6-7-18(29-21)22(24,25)26)13(2)20(31)28-12-14-9-15(11-27)19(17(23)10-14)30-35(3,32)33/h6-7,9-10,30H,2,4-5,8,12H2,1,3H3,(H,28,31). The summed E-state index contributed by atoms with van der Waals surface area (Å²) in [7, 11) is -3.85. The number of benzene rings is 1. The van der Waals surface area contributed by atoms with Crippen molar-refractivity contribution in [3.63, 3.8) is 0 Å². The molecule has 0 aliphatic heterocycles. The Morgan fingerprint density at radius 1 is 1.29 bits per heavy atom. The highest BCUT2D eigenvalue weighted by Gasteiger charge is 2.34. The number of nitrogens with one attached hydrogen (secondary N) is 2. The molecular formula is C22H22F4N4O4S. The number of nitrogens with zero attached hydrogens (tertiary/aromatic N) is 2. The molecule has 35 heavy (non-hydrogen) atoms. The number of hydrogen-bond acceptors (Lipinski definition) is 6. The third-order valence-electron chi connectivity index (χ3n) is 4.50. The monoisotopic (exact) mass is 514 g/mol. The third kappa shape index (κ3) is 7.68. The molecule has 13 heteroatoms. The second-order valence-electron chi connectivity index (χ2n) is 7.40. The molecular weight excluding hydrogens is 492 g/mol. The second-order valence-corrected chi connectivity index (χ2v) is 9.14. The molecule has 2 aromatic rings. The van der Waals surface area contributed by atoms with Gasteiger partial charge in [0.1, 0.15) is 23.3 Å². The summed E-state index contributed by atoms with van der Waals surface area (Å²) in [5.74, 6) is -2.23. The Hall–Kier alpha value is -3.66. The molecule has 2 N–H and O–H groups in total. The zero-order valence-electron chi connectivity index (χ0n) is 18.8. The summed E-state index contributed by atoms with van der Waals surface area (Å²) in [6.07, 6.45) is -2.65. The molecule has 2 rings (SSSR count). The van der Waals surface area contributed by atoms with Crippen LogP contribution in [0.4, 0.5) is 23.2 Å². The van der Waals surface area contributed by atoms with Crippen molar-refractivity contribution in [3.8, 4) is 11.9 Å². The van der Waals surface area contributed by atoms with E-state index in [0.29, 0.717) is 12.5 Å². The van der Waals surface area contributed by atoms with Crippen LogP contribution in [-0.4, -0.2) is 32.2 Å². The average molecular weight is 515 g/mol. The first-order chi connectivity index (χ1) is 16.3. The first kappa shape index (κ1) is 27.6. The van der Waals surface area contributed by atoms with Gasteiger partial charge in [0.25, 0.3) is 5.91 Å². The Morgan fingerprint density at radius 3 is 2.54 bits per heavy atom. The van der Waals surface area contributed by atoms with E-state index < -0.39 is 45.2 Å². The quantitative estimate of drug-likeness (QED) is 0.281. The smallest absolute Gasteiger partial charge is 0.433 e. The number of ether oxygens (including phenoxy) is 1. The van der Waals surface area contributed by atoms with E-state index in [2.05, 4.69) is 16.9 Å². The minimum absolute atomic E-state index is 0.0526. The van der Waals surface area contributed by atoms with E-state index in [4.69, 9.17) is 4.74 Å². The molecule has 1 amide bonds. The lowest BCUT2D eigenvalue weighted by Crippen LogP contribution is -2.24. The van der Waals surface area contributed by atoms with Gasteiger partial charge in [-0.25, -0.2) is 17.8 Å². The molecule has 1 aromatic heterocycles. The fraction of sp³-hybridized carbons (Fsp3) is 0.318. The predicted molar refractivity (Wildman–Crippen MR) is 120 cm³/mol. The van der Waals surface area contributed by atoms with E-state index in [1.807, 2.05) is 11.6 Å².